The number of aliphatic hydroxyl groups is 1. The molecule has 0 saturated carbocycles. The lowest BCUT2D eigenvalue weighted by Gasteiger charge is -2.25. The Morgan fingerprint density at radius 2 is 2.13 bits per heavy atom. The molecular weight excluding hydrogens is 214 g/mol. The fourth-order valence-electron chi connectivity index (χ4n) is 1.77. The standard InChI is InChI=1S/C10H21NO3S/c1-10(2,4-5-12)8-11-9-3-6-15(13,14)7-9/h9,11-12H,3-8H2,1-2H3. The Hall–Kier alpha value is -0.130. The van der Waals surface area contributed by atoms with Crippen molar-refractivity contribution in [2.75, 3.05) is 24.7 Å². The maximum Gasteiger partial charge on any atom is 0.151 e. The molecule has 1 aliphatic heterocycles. The Balaban J connectivity index is 2.32. The predicted octanol–water partition coefficient (Wildman–Crippen LogP) is 0.172. The summed E-state index contributed by atoms with van der Waals surface area (Å²) in [7, 11) is -2.79. The van der Waals surface area contributed by atoms with E-state index in [0.717, 1.165) is 19.4 Å². The van der Waals surface area contributed by atoms with Crippen LogP contribution < -0.4 is 5.32 Å². The van der Waals surface area contributed by atoms with Crippen LogP contribution in [-0.2, 0) is 9.84 Å². The minimum absolute atomic E-state index is 0.0289. The third-order valence-corrected chi connectivity index (χ3v) is 4.66. The van der Waals surface area contributed by atoms with Gasteiger partial charge in [0.2, 0.25) is 0 Å². The number of rotatable bonds is 5. The Bertz CT molecular complexity index is 298. The Morgan fingerprint density at radius 1 is 1.47 bits per heavy atom. The molecule has 0 radical (unpaired) electrons. The Labute approximate surface area is 92.0 Å². The van der Waals surface area contributed by atoms with Gasteiger partial charge in [0.05, 0.1) is 11.5 Å². The number of nitrogens with one attached hydrogen (secondary N) is 1. The first-order valence-corrected chi connectivity index (χ1v) is 7.21. The van der Waals surface area contributed by atoms with E-state index in [1.54, 1.807) is 0 Å². The summed E-state index contributed by atoms with van der Waals surface area (Å²) in [6.45, 7) is 5.07. The van der Waals surface area contributed by atoms with Crippen molar-refractivity contribution in [2.45, 2.75) is 32.7 Å². The lowest BCUT2D eigenvalue weighted by atomic mass is 9.89. The van der Waals surface area contributed by atoms with Gasteiger partial charge >= 0.3 is 0 Å². The Kier molecular flexibility index (Phi) is 4.14. The number of hydrogen-bond donors (Lipinski definition) is 2. The van der Waals surface area contributed by atoms with Crippen LogP contribution in [0.2, 0.25) is 0 Å². The van der Waals surface area contributed by atoms with Gasteiger partial charge in [-0.3, -0.25) is 0 Å². The molecule has 15 heavy (non-hydrogen) atoms. The summed E-state index contributed by atoms with van der Waals surface area (Å²) in [5.74, 6) is 0.577. The summed E-state index contributed by atoms with van der Waals surface area (Å²) in [5, 5.41) is 12.1. The van der Waals surface area contributed by atoms with Gasteiger partial charge in [-0.1, -0.05) is 13.8 Å². The highest BCUT2D eigenvalue weighted by molar-refractivity contribution is 7.91. The molecule has 1 fully saturated rings. The number of sulfone groups is 1. The zero-order valence-electron chi connectivity index (χ0n) is 9.49. The van der Waals surface area contributed by atoms with Crippen LogP contribution in [0, 0.1) is 5.41 Å². The molecular formula is C10H21NO3S. The van der Waals surface area contributed by atoms with Crippen molar-refractivity contribution in [3.8, 4) is 0 Å². The summed E-state index contributed by atoms with van der Waals surface area (Å²) < 4.78 is 22.4. The zero-order chi connectivity index (χ0) is 11.5. The van der Waals surface area contributed by atoms with Gasteiger partial charge in [-0.05, 0) is 18.3 Å². The fourth-order valence-corrected chi connectivity index (χ4v) is 3.48. The second-order valence-electron chi connectivity index (χ2n) is 5.12. The third-order valence-electron chi connectivity index (χ3n) is 2.89. The van der Waals surface area contributed by atoms with E-state index in [1.807, 2.05) is 0 Å². The maximum atomic E-state index is 11.2. The second-order valence-corrected chi connectivity index (χ2v) is 7.35. The molecule has 0 aromatic carbocycles. The van der Waals surface area contributed by atoms with Gasteiger partial charge in [-0.15, -0.1) is 0 Å². The van der Waals surface area contributed by atoms with E-state index in [9.17, 15) is 8.42 Å². The average molecular weight is 235 g/mol. The van der Waals surface area contributed by atoms with Gasteiger partial charge in [0.15, 0.2) is 9.84 Å². The Morgan fingerprint density at radius 3 is 2.60 bits per heavy atom. The number of aliphatic hydroxyl groups excluding tert-OH is 1. The number of hydrogen-bond acceptors (Lipinski definition) is 4. The van der Waals surface area contributed by atoms with E-state index >= 15 is 0 Å². The minimum Gasteiger partial charge on any atom is -0.396 e. The molecule has 1 atom stereocenters. The lowest BCUT2D eigenvalue weighted by molar-refractivity contribution is 0.204. The molecule has 1 unspecified atom stereocenters. The van der Waals surface area contributed by atoms with Crippen molar-refractivity contribution in [1.82, 2.24) is 5.32 Å². The van der Waals surface area contributed by atoms with Crippen LogP contribution in [0.5, 0.6) is 0 Å². The van der Waals surface area contributed by atoms with Crippen molar-refractivity contribution in [3.63, 3.8) is 0 Å². The van der Waals surface area contributed by atoms with Gasteiger partial charge in [0, 0.05) is 19.2 Å². The highest BCUT2D eigenvalue weighted by atomic mass is 32.2. The molecule has 1 saturated heterocycles. The molecule has 0 amide bonds. The summed E-state index contributed by atoms with van der Waals surface area (Å²) in [4.78, 5) is 0. The quantitative estimate of drug-likeness (QED) is 0.713. The summed E-state index contributed by atoms with van der Waals surface area (Å²) >= 11 is 0. The van der Waals surface area contributed by atoms with Crippen molar-refractivity contribution in [3.05, 3.63) is 0 Å². The minimum atomic E-state index is -2.79. The molecule has 5 heteroatoms. The van der Waals surface area contributed by atoms with Crippen LogP contribution in [-0.4, -0.2) is 44.2 Å². The summed E-state index contributed by atoms with van der Waals surface area (Å²) in [5.41, 5.74) is 0.0289. The predicted molar refractivity (Wildman–Crippen MR) is 60.5 cm³/mol. The van der Waals surface area contributed by atoms with Crippen molar-refractivity contribution < 1.29 is 13.5 Å². The molecule has 4 nitrogen and oxygen atoms in total. The van der Waals surface area contributed by atoms with Gasteiger partial charge in [0.1, 0.15) is 0 Å². The fraction of sp³-hybridized carbons (Fsp3) is 1.00. The van der Waals surface area contributed by atoms with Crippen LogP contribution in [0.3, 0.4) is 0 Å². The van der Waals surface area contributed by atoms with E-state index in [-0.39, 0.29) is 23.8 Å². The summed E-state index contributed by atoms with van der Waals surface area (Å²) in [6.07, 6.45) is 1.46. The highest BCUT2D eigenvalue weighted by Crippen LogP contribution is 2.19. The topological polar surface area (TPSA) is 66.4 Å². The molecule has 0 aromatic heterocycles. The monoisotopic (exact) mass is 235 g/mol. The molecule has 1 heterocycles. The van der Waals surface area contributed by atoms with E-state index in [4.69, 9.17) is 5.11 Å². The van der Waals surface area contributed by atoms with Gasteiger partial charge in [-0.25, -0.2) is 8.42 Å². The highest BCUT2D eigenvalue weighted by Gasteiger charge is 2.28. The van der Waals surface area contributed by atoms with Crippen LogP contribution in [0.25, 0.3) is 0 Å². The SMILES string of the molecule is CC(C)(CCO)CNC1CCS(=O)(=O)C1. The van der Waals surface area contributed by atoms with Gasteiger partial charge in [0.25, 0.3) is 0 Å². The zero-order valence-corrected chi connectivity index (χ0v) is 10.3. The van der Waals surface area contributed by atoms with E-state index < -0.39 is 9.84 Å². The van der Waals surface area contributed by atoms with Crippen LogP contribution in [0.15, 0.2) is 0 Å². The van der Waals surface area contributed by atoms with Crippen molar-refractivity contribution >= 4 is 9.84 Å². The molecule has 2 N–H and O–H groups in total. The first-order valence-electron chi connectivity index (χ1n) is 5.39. The molecule has 0 bridgehead atoms. The first kappa shape index (κ1) is 12.9. The molecule has 0 aliphatic carbocycles. The van der Waals surface area contributed by atoms with Gasteiger partial charge < -0.3 is 10.4 Å². The van der Waals surface area contributed by atoms with Crippen molar-refractivity contribution in [2.24, 2.45) is 5.41 Å². The van der Waals surface area contributed by atoms with E-state index in [1.165, 1.54) is 0 Å². The largest absolute Gasteiger partial charge is 0.396 e. The summed E-state index contributed by atoms with van der Waals surface area (Å²) in [6, 6.07) is 0.105. The normalized spacial score (nSPS) is 25.7. The molecule has 0 aromatic rings. The maximum absolute atomic E-state index is 11.2. The average Bonchev–Trinajstić information content (AvgIpc) is 2.42. The first-order chi connectivity index (χ1) is 6.85. The van der Waals surface area contributed by atoms with Crippen LogP contribution in [0.1, 0.15) is 26.7 Å². The van der Waals surface area contributed by atoms with E-state index in [0.29, 0.717) is 5.75 Å². The van der Waals surface area contributed by atoms with Gasteiger partial charge in [-0.2, -0.15) is 0 Å². The van der Waals surface area contributed by atoms with Crippen LogP contribution in [0.4, 0.5) is 0 Å². The van der Waals surface area contributed by atoms with E-state index in [2.05, 4.69) is 19.2 Å². The lowest BCUT2D eigenvalue weighted by Crippen LogP contribution is -2.38. The smallest absolute Gasteiger partial charge is 0.151 e. The van der Waals surface area contributed by atoms with Crippen LogP contribution >= 0.6 is 0 Å². The second kappa shape index (κ2) is 4.80. The van der Waals surface area contributed by atoms with Crippen molar-refractivity contribution in [1.29, 1.82) is 0 Å². The molecule has 1 rings (SSSR count). The molecule has 0 spiro atoms. The molecule has 90 valence electrons. The third kappa shape index (κ3) is 4.49. The molecule has 1 aliphatic rings.